The molecule has 4 N–H and O–H groups in total. The Morgan fingerprint density at radius 1 is 1.38 bits per heavy atom. The van der Waals surface area contributed by atoms with Crippen molar-refractivity contribution in [2.45, 2.75) is 18.9 Å². The van der Waals surface area contributed by atoms with E-state index in [1.54, 1.807) is 10.9 Å². The van der Waals surface area contributed by atoms with Crippen LogP contribution in [-0.2, 0) is 7.05 Å². The van der Waals surface area contributed by atoms with Crippen LogP contribution < -0.4 is 10.6 Å². The van der Waals surface area contributed by atoms with Crippen molar-refractivity contribution in [2.75, 3.05) is 30.3 Å². The van der Waals surface area contributed by atoms with E-state index in [0.717, 1.165) is 37.0 Å². The highest BCUT2D eigenvalue weighted by molar-refractivity contribution is 5.86. The molecule has 0 aliphatic carbocycles. The molecule has 1 aliphatic rings. The van der Waals surface area contributed by atoms with Crippen molar-refractivity contribution in [3.8, 4) is 0 Å². The monoisotopic (exact) mass is 292 g/mol. The van der Waals surface area contributed by atoms with E-state index >= 15 is 0 Å². The molecule has 2 aromatic heterocycles. The molecule has 1 unspecified atom stereocenters. The smallest absolute Gasteiger partial charge is 0.229 e. The zero-order chi connectivity index (χ0) is 15.0. The van der Waals surface area contributed by atoms with Crippen LogP contribution in [0.2, 0.25) is 0 Å². The van der Waals surface area contributed by atoms with E-state index in [9.17, 15) is 5.11 Å². The number of nitrogen functional groups attached to an aromatic ring is 1. The van der Waals surface area contributed by atoms with E-state index in [2.05, 4.69) is 20.0 Å². The lowest BCUT2D eigenvalue weighted by atomic mass is 9.92. The molecule has 1 atom stereocenters. The van der Waals surface area contributed by atoms with E-state index in [-0.39, 0.29) is 12.5 Å². The summed E-state index contributed by atoms with van der Waals surface area (Å²) in [5.74, 6) is 1.16. The van der Waals surface area contributed by atoms with Crippen molar-refractivity contribution in [3.05, 3.63) is 6.20 Å². The van der Waals surface area contributed by atoms with Gasteiger partial charge in [-0.3, -0.25) is 4.68 Å². The van der Waals surface area contributed by atoms with Crippen LogP contribution in [0.3, 0.4) is 0 Å². The summed E-state index contributed by atoms with van der Waals surface area (Å²) in [6, 6.07) is 0. The maximum atomic E-state index is 9.70. The SMILES string of the molecule is Cn1ncc2c(N)nc(N3CCC(C(O)CO)CC3)nc21. The zero-order valence-electron chi connectivity index (χ0n) is 12.0. The highest BCUT2D eigenvalue weighted by Gasteiger charge is 2.26. The molecule has 21 heavy (non-hydrogen) atoms. The average molecular weight is 292 g/mol. The van der Waals surface area contributed by atoms with Gasteiger partial charge in [0.25, 0.3) is 0 Å². The van der Waals surface area contributed by atoms with Crippen molar-refractivity contribution >= 4 is 22.8 Å². The number of rotatable bonds is 3. The van der Waals surface area contributed by atoms with Crippen molar-refractivity contribution in [1.82, 2.24) is 19.7 Å². The predicted octanol–water partition coefficient (Wildman–Crippen LogP) is -0.485. The Kier molecular flexibility index (Phi) is 3.64. The summed E-state index contributed by atoms with van der Waals surface area (Å²) < 4.78 is 1.68. The van der Waals surface area contributed by atoms with Crippen molar-refractivity contribution in [1.29, 1.82) is 0 Å². The number of anilines is 2. The molecule has 3 rings (SSSR count). The Hall–Kier alpha value is -1.93. The zero-order valence-corrected chi connectivity index (χ0v) is 12.0. The van der Waals surface area contributed by atoms with Gasteiger partial charge in [0.1, 0.15) is 5.82 Å². The van der Waals surface area contributed by atoms with Gasteiger partial charge in [0, 0.05) is 20.1 Å². The van der Waals surface area contributed by atoms with Crippen molar-refractivity contribution in [2.24, 2.45) is 13.0 Å². The fourth-order valence-corrected chi connectivity index (χ4v) is 2.81. The van der Waals surface area contributed by atoms with Crippen molar-refractivity contribution < 1.29 is 10.2 Å². The summed E-state index contributed by atoms with van der Waals surface area (Å²) >= 11 is 0. The molecular formula is C13H20N6O2. The molecule has 1 aliphatic heterocycles. The van der Waals surface area contributed by atoms with Gasteiger partial charge in [-0.25, -0.2) is 0 Å². The Morgan fingerprint density at radius 3 is 2.76 bits per heavy atom. The Bertz CT molecular complexity index is 635. The van der Waals surface area contributed by atoms with E-state index in [1.165, 1.54) is 0 Å². The minimum Gasteiger partial charge on any atom is -0.394 e. The minimum atomic E-state index is -0.641. The van der Waals surface area contributed by atoms with Crippen LogP contribution in [0, 0.1) is 5.92 Å². The van der Waals surface area contributed by atoms with Gasteiger partial charge >= 0.3 is 0 Å². The number of hydrogen-bond donors (Lipinski definition) is 3. The largest absolute Gasteiger partial charge is 0.394 e. The van der Waals surface area contributed by atoms with E-state index < -0.39 is 6.10 Å². The van der Waals surface area contributed by atoms with Gasteiger partial charge in [-0.2, -0.15) is 15.1 Å². The molecule has 0 saturated carbocycles. The van der Waals surface area contributed by atoms with Crippen molar-refractivity contribution in [3.63, 3.8) is 0 Å². The van der Waals surface area contributed by atoms with Gasteiger partial charge in [-0.05, 0) is 18.8 Å². The molecule has 0 spiro atoms. The van der Waals surface area contributed by atoms with Gasteiger partial charge in [0.15, 0.2) is 5.65 Å². The molecule has 0 aromatic carbocycles. The van der Waals surface area contributed by atoms with E-state index in [1.807, 2.05) is 7.05 Å². The average Bonchev–Trinajstić information content (AvgIpc) is 2.89. The Labute approximate surface area is 122 Å². The molecule has 8 nitrogen and oxygen atoms in total. The molecule has 0 amide bonds. The fourth-order valence-electron chi connectivity index (χ4n) is 2.81. The van der Waals surface area contributed by atoms with Crippen LogP contribution in [0.1, 0.15) is 12.8 Å². The van der Waals surface area contributed by atoms with Gasteiger partial charge in [-0.1, -0.05) is 0 Å². The van der Waals surface area contributed by atoms with Gasteiger partial charge in [0.05, 0.1) is 24.3 Å². The normalized spacial score (nSPS) is 18.3. The highest BCUT2D eigenvalue weighted by Crippen LogP contribution is 2.26. The highest BCUT2D eigenvalue weighted by atomic mass is 16.3. The Morgan fingerprint density at radius 2 is 2.10 bits per heavy atom. The lowest BCUT2D eigenvalue weighted by molar-refractivity contribution is 0.0376. The van der Waals surface area contributed by atoms with Crippen LogP contribution in [0.25, 0.3) is 11.0 Å². The number of nitrogens with zero attached hydrogens (tertiary/aromatic N) is 5. The number of aromatic nitrogens is 4. The number of fused-ring (bicyclic) bond motifs is 1. The number of piperidine rings is 1. The van der Waals surface area contributed by atoms with Crippen LogP contribution in [0.5, 0.6) is 0 Å². The number of aryl methyl sites for hydroxylation is 1. The number of hydrogen-bond acceptors (Lipinski definition) is 7. The fraction of sp³-hybridized carbons (Fsp3) is 0.615. The summed E-state index contributed by atoms with van der Waals surface area (Å²) in [6.07, 6.45) is 2.62. The topological polar surface area (TPSA) is 113 Å². The van der Waals surface area contributed by atoms with Crippen LogP contribution in [0.4, 0.5) is 11.8 Å². The maximum absolute atomic E-state index is 9.70. The first-order valence-corrected chi connectivity index (χ1v) is 7.09. The third kappa shape index (κ3) is 2.52. The second kappa shape index (κ2) is 5.45. The molecule has 2 aromatic rings. The second-order valence-corrected chi connectivity index (χ2v) is 5.49. The molecule has 1 fully saturated rings. The maximum Gasteiger partial charge on any atom is 0.229 e. The lowest BCUT2D eigenvalue weighted by Crippen LogP contribution is -2.39. The van der Waals surface area contributed by atoms with E-state index in [4.69, 9.17) is 10.8 Å². The van der Waals surface area contributed by atoms with Gasteiger partial charge in [-0.15, -0.1) is 0 Å². The molecule has 8 heteroatoms. The first-order chi connectivity index (χ1) is 10.1. The molecule has 1 saturated heterocycles. The third-order valence-electron chi connectivity index (χ3n) is 4.16. The quantitative estimate of drug-likeness (QED) is 0.700. The number of aliphatic hydroxyl groups excluding tert-OH is 2. The summed E-state index contributed by atoms with van der Waals surface area (Å²) in [5, 5.41) is 23.6. The van der Waals surface area contributed by atoms with Gasteiger partial charge in [0.2, 0.25) is 5.95 Å². The number of aliphatic hydroxyl groups is 2. The molecule has 0 bridgehead atoms. The summed E-state index contributed by atoms with van der Waals surface area (Å²) in [7, 11) is 1.82. The standard InChI is InChI=1S/C13H20N6O2/c1-18-12-9(6-15-18)11(14)16-13(17-12)19-4-2-8(3-5-19)10(21)7-20/h6,8,10,20-21H,2-5,7H2,1H3,(H2,14,16,17). The van der Waals surface area contributed by atoms with Crippen LogP contribution in [0.15, 0.2) is 6.20 Å². The van der Waals surface area contributed by atoms with Gasteiger partial charge < -0.3 is 20.8 Å². The Balaban J connectivity index is 1.81. The molecule has 114 valence electrons. The summed E-state index contributed by atoms with van der Waals surface area (Å²) in [4.78, 5) is 10.9. The predicted molar refractivity (Wildman–Crippen MR) is 78.7 cm³/mol. The van der Waals surface area contributed by atoms with E-state index in [0.29, 0.717) is 11.8 Å². The summed E-state index contributed by atoms with van der Waals surface area (Å²) in [5.41, 5.74) is 6.69. The van der Waals surface area contributed by atoms with Crippen LogP contribution >= 0.6 is 0 Å². The first kappa shape index (κ1) is 14.0. The molecular weight excluding hydrogens is 272 g/mol. The number of nitrogens with two attached hydrogens (primary N) is 1. The minimum absolute atomic E-state index is 0.129. The molecule has 0 radical (unpaired) electrons. The summed E-state index contributed by atoms with van der Waals surface area (Å²) in [6.45, 7) is 1.30. The third-order valence-corrected chi connectivity index (χ3v) is 4.16. The molecule has 3 heterocycles. The first-order valence-electron chi connectivity index (χ1n) is 7.09. The lowest BCUT2D eigenvalue weighted by Gasteiger charge is -2.33. The second-order valence-electron chi connectivity index (χ2n) is 5.49. The van der Waals surface area contributed by atoms with Crippen LogP contribution in [-0.4, -0.2) is 55.8 Å².